The van der Waals surface area contributed by atoms with Crippen LogP contribution in [0.3, 0.4) is 0 Å². The SMILES string of the molecule is CCCCN1CCc2c(sc(N)c2C#N)C1. The Kier molecular flexibility index (Phi) is 3.47. The summed E-state index contributed by atoms with van der Waals surface area (Å²) in [6, 6.07) is 2.23. The van der Waals surface area contributed by atoms with E-state index in [2.05, 4.69) is 17.9 Å². The maximum Gasteiger partial charge on any atom is 0.104 e. The molecular weight excluding hydrogens is 218 g/mol. The van der Waals surface area contributed by atoms with E-state index in [4.69, 9.17) is 11.0 Å². The second kappa shape index (κ2) is 4.86. The van der Waals surface area contributed by atoms with Crippen molar-refractivity contribution in [2.45, 2.75) is 32.7 Å². The number of hydrogen-bond acceptors (Lipinski definition) is 4. The van der Waals surface area contributed by atoms with Crippen LogP contribution in [0.25, 0.3) is 0 Å². The zero-order valence-electron chi connectivity index (χ0n) is 9.62. The first kappa shape index (κ1) is 11.4. The average molecular weight is 235 g/mol. The predicted octanol–water partition coefficient (Wildman–Crippen LogP) is 2.36. The summed E-state index contributed by atoms with van der Waals surface area (Å²) in [5, 5.41) is 9.73. The summed E-state index contributed by atoms with van der Waals surface area (Å²) in [4.78, 5) is 3.76. The predicted molar refractivity (Wildman–Crippen MR) is 67.3 cm³/mol. The number of nitriles is 1. The van der Waals surface area contributed by atoms with Gasteiger partial charge in [0.05, 0.1) is 5.56 Å². The van der Waals surface area contributed by atoms with Gasteiger partial charge in [-0.3, -0.25) is 4.90 Å². The van der Waals surface area contributed by atoms with E-state index in [1.165, 1.54) is 23.3 Å². The molecule has 0 aliphatic carbocycles. The Morgan fingerprint density at radius 2 is 2.38 bits per heavy atom. The van der Waals surface area contributed by atoms with Crippen molar-refractivity contribution in [2.24, 2.45) is 0 Å². The van der Waals surface area contributed by atoms with Gasteiger partial charge in [0, 0.05) is 18.0 Å². The van der Waals surface area contributed by atoms with Crippen LogP contribution in [-0.4, -0.2) is 18.0 Å². The van der Waals surface area contributed by atoms with Crippen LogP contribution in [0.4, 0.5) is 5.00 Å². The van der Waals surface area contributed by atoms with E-state index in [1.807, 2.05) is 0 Å². The van der Waals surface area contributed by atoms with Crippen LogP contribution >= 0.6 is 11.3 Å². The van der Waals surface area contributed by atoms with Crippen LogP contribution in [0, 0.1) is 11.3 Å². The van der Waals surface area contributed by atoms with Crippen molar-refractivity contribution in [1.29, 1.82) is 5.26 Å². The van der Waals surface area contributed by atoms with E-state index in [0.29, 0.717) is 5.00 Å². The largest absolute Gasteiger partial charge is 0.389 e. The highest BCUT2D eigenvalue weighted by Crippen LogP contribution is 2.34. The van der Waals surface area contributed by atoms with Crippen LogP contribution in [0.5, 0.6) is 0 Å². The van der Waals surface area contributed by atoms with Crippen LogP contribution in [0.2, 0.25) is 0 Å². The molecule has 2 N–H and O–H groups in total. The van der Waals surface area contributed by atoms with Crippen LogP contribution in [-0.2, 0) is 13.0 Å². The molecule has 2 heterocycles. The third-order valence-electron chi connectivity index (χ3n) is 3.10. The molecule has 1 aromatic rings. The van der Waals surface area contributed by atoms with Gasteiger partial charge in [-0.05, 0) is 24.9 Å². The molecule has 0 bridgehead atoms. The minimum absolute atomic E-state index is 0.699. The van der Waals surface area contributed by atoms with Gasteiger partial charge in [-0.15, -0.1) is 11.3 Å². The molecule has 0 aromatic carbocycles. The normalized spacial score (nSPS) is 15.8. The van der Waals surface area contributed by atoms with E-state index in [-0.39, 0.29) is 0 Å². The van der Waals surface area contributed by atoms with Gasteiger partial charge in [0.1, 0.15) is 11.1 Å². The molecule has 2 rings (SSSR count). The van der Waals surface area contributed by atoms with Gasteiger partial charge < -0.3 is 5.73 Å². The Balaban J connectivity index is 2.13. The van der Waals surface area contributed by atoms with E-state index >= 15 is 0 Å². The molecule has 0 fully saturated rings. The Bertz CT molecular complexity index is 417. The van der Waals surface area contributed by atoms with E-state index in [9.17, 15) is 0 Å². The van der Waals surface area contributed by atoms with Crippen molar-refractivity contribution >= 4 is 16.3 Å². The Morgan fingerprint density at radius 3 is 3.06 bits per heavy atom. The first-order valence-corrected chi connectivity index (χ1v) is 6.60. The van der Waals surface area contributed by atoms with Crippen molar-refractivity contribution in [3.63, 3.8) is 0 Å². The maximum atomic E-state index is 9.03. The summed E-state index contributed by atoms with van der Waals surface area (Å²) < 4.78 is 0. The fourth-order valence-electron chi connectivity index (χ4n) is 2.17. The Hall–Kier alpha value is -1.05. The topological polar surface area (TPSA) is 53.0 Å². The molecule has 1 aromatic heterocycles. The van der Waals surface area contributed by atoms with Crippen LogP contribution in [0.1, 0.15) is 35.8 Å². The lowest BCUT2D eigenvalue weighted by molar-refractivity contribution is 0.253. The molecular formula is C12H17N3S. The molecule has 0 atom stereocenters. The van der Waals surface area contributed by atoms with Crippen molar-refractivity contribution in [2.75, 3.05) is 18.8 Å². The molecule has 1 aliphatic heterocycles. The zero-order valence-corrected chi connectivity index (χ0v) is 10.4. The molecule has 1 aliphatic rings. The molecule has 0 saturated carbocycles. The summed E-state index contributed by atoms with van der Waals surface area (Å²) in [5.41, 5.74) is 7.79. The van der Waals surface area contributed by atoms with E-state index < -0.39 is 0 Å². The van der Waals surface area contributed by atoms with Crippen LogP contribution in [0.15, 0.2) is 0 Å². The van der Waals surface area contributed by atoms with Gasteiger partial charge in [-0.1, -0.05) is 13.3 Å². The van der Waals surface area contributed by atoms with Crippen molar-refractivity contribution < 1.29 is 0 Å². The summed E-state index contributed by atoms with van der Waals surface area (Å²) >= 11 is 1.59. The number of rotatable bonds is 3. The monoisotopic (exact) mass is 235 g/mol. The summed E-state index contributed by atoms with van der Waals surface area (Å²) in [6.07, 6.45) is 3.47. The molecule has 0 radical (unpaired) electrons. The van der Waals surface area contributed by atoms with Gasteiger partial charge in [0.25, 0.3) is 0 Å². The van der Waals surface area contributed by atoms with Crippen molar-refractivity contribution in [3.8, 4) is 6.07 Å². The first-order valence-electron chi connectivity index (χ1n) is 5.78. The summed E-state index contributed by atoms with van der Waals surface area (Å²) in [7, 11) is 0. The summed E-state index contributed by atoms with van der Waals surface area (Å²) in [6.45, 7) is 5.42. The quantitative estimate of drug-likeness (QED) is 0.875. The van der Waals surface area contributed by atoms with Crippen LogP contribution < -0.4 is 5.73 Å². The number of anilines is 1. The molecule has 4 heteroatoms. The second-order valence-corrected chi connectivity index (χ2v) is 5.37. The number of unbranched alkanes of at least 4 members (excludes halogenated alkanes) is 1. The minimum atomic E-state index is 0.699. The second-order valence-electron chi connectivity index (χ2n) is 4.23. The van der Waals surface area contributed by atoms with Gasteiger partial charge in [0.2, 0.25) is 0 Å². The molecule has 0 spiro atoms. The van der Waals surface area contributed by atoms with E-state index in [0.717, 1.165) is 31.6 Å². The first-order chi connectivity index (χ1) is 7.76. The van der Waals surface area contributed by atoms with Gasteiger partial charge in [-0.2, -0.15) is 5.26 Å². The highest BCUT2D eigenvalue weighted by atomic mass is 32.1. The number of nitrogen functional groups attached to an aromatic ring is 1. The third-order valence-corrected chi connectivity index (χ3v) is 4.15. The fraction of sp³-hybridized carbons (Fsp3) is 0.583. The molecule has 86 valence electrons. The van der Waals surface area contributed by atoms with Gasteiger partial charge in [-0.25, -0.2) is 0 Å². The molecule has 0 unspecified atom stereocenters. The van der Waals surface area contributed by atoms with Crippen molar-refractivity contribution in [3.05, 3.63) is 16.0 Å². The highest BCUT2D eigenvalue weighted by Gasteiger charge is 2.22. The minimum Gasteiger partial charge on any atom is -0.389 e. The number of hydrogen-bond donors (Lipinski definition) is 1. The fourth-order valence-corrected chi connectivity index (χ4v) is 3.28. The standard InChI is InChI=1S/C12H17N3S/c1-2-3-5-15-6-4-9-10(7-13)12(14)16-11(9)8-15/h2-6,8,14H2,1H3. The maximum absolute atomic E-state index is 9.03. The number of nitrogens with two attached hydrogens (primary N) is 1. The van der Waals surface area contributed by atoms with Gasteiger partial charge >= 0.3 is 0 Å². The zero-order chi connectivity index (χ0) is 11.5. The molecule has 16 heavy (non-hydrogen) atoms. The lowest BCUT2D eigenvalue weighted by Crippen LogP contribution is -2.30. The number of fused-ring (bicyclic) bond motifs is 1. The molecule has 0 saturated heterocycles. The average Bonchev–Trinajstić information content (AvgIpc) is 2.60. The summed E-state index contributed by atoms with van der Waals surface area (Å²) in [5.74, 6) is 0. The highest BCUT2D eigenvalue weighted by molar-refractivity contribution is 7.16. The van der Waals surface area contributed by atoms with Gasteiger partial charge in [0.15, 0.2) is 0 Å². The third kappa shape index (κ3) is 2.06. The lowest BCUT2D eigenvalue weighted by atomic mass is 10.0. The number of nitrogens with zero attached hydrogens (tertiary/aromatic N) is 2. The Labute approximate surface area is 100 Å². The van der Waals surface area contributed by atoms with Crippen molar-refractivity contribution in [1.82, 2.24) is 4.90 Å². The molecule has 3 nitrogen and oxygen atoms in total. The van der Waals surface area contributed by atoms with E-state index in [1.54, 1.807) is 11.3 Å². The smallest absolute Gasteiger partial charge is 0.104 e. The lowest BCUT2D eigenvalue weighted by Gasteiger charge is -2.26. The molecule has 0 amide bonds. The number of thiophene rings is 1. The Morgan fingerprint density at radius 1 is 1.56 bits per heavy atom.